The van der Waals surface area contributed by atoms with Crippen LogP contribution in [0.25, 0.3) is 0 Å². The van der Waals surface area contributed by atoms with Gasteiger partial charge in [-0.15, -0.1) is 5.10 Å². The molecule has 0 spiro atoms. The van der Waals surface area contributed by atoms with E-state index in [0.29, 0.717) is 24.8 Å². The smallest absolute Gasteiger partial charge is 0.356 e. The van der Waals surface area contributed by atoms with Gasteiger partial charge in [0.1, 0.15) is 5.69 Å². The SMILES string of the molecule is CCCOc1cc(C(=O)OCC)[nH]n1. The van der Waals surface area contributed by atoms with E-state index in [0.717, 1.165) is 6.42 Å². The van der Waals surface area contributed by atoms with Gasteiger partial charge in [0.25, 0.3) is 0 Å². The van der Waals surface area contributed by atoms with Gasteiger partial charge in [-0.3, -0.25) is 5.10 Å². The Kier molecular flexibility index (Phi) is 3.97. The molecule has 0 unspecified atom stereocenters. The summed E-state index contributed by atoms with van der Waals surface area (Å²) < 4.78 is 9.99. The molecule has 0 aliphatic rings. The maximum atomic E-state index is 11.2. The standard InChI is InChI=1S/C9H14N2O3/c1-3-5-14-8-6-7(10-11-8)9(12)13-4-2/h6H,3-5H2,1-2H3,(H,10,11). The first-order valence-corrected chi connectivity index (χ1v) is 4.63. The van der Waals surface area contributed by atoms with Gasteiger partial charge in [0.05, 0.1) is 13.2 Å². The van der Waals surface area contributed by atoms with Crippen molar-refractivity contribution in [2.24, 2.45) is 0 Å². The summed E-state index contributed by atoms with van der Waals surface area (Å²) in [5.74, 6) is 0.0150. The molecule has 5 nitrogen and oxygen atoms in total. The molecule has 1 rings (SSSR count). The molecule has 14 heavy (non-hydrogen) atoms. The van der Waals surface area contributed by atoms with Crippen LogP contribution in [0.1, 0.15) is 30.8 Å². The van der Waals surface area contributed by atoms with Crippen molar-refractivity contribution in [3.63, 3.8) is 0 Å². The molecular formula is C9H14N2O3. The van der Waals surface area contributed by atoms with Gasteiger partial charge in [0, 0.05) is 6.07 Å². The van der Waals surface area contributed by atoms with E-state index in [1.165, 1.54) is 6.07 Å². The number of rotatable bonds is 5. The second kappa shape index (κ2) is 5.26. The summed E-state index contributed by atoms with van der Waals surface area (Å²) in [7, 11) is 0. The topological polar surface area (TPSA) is 64.2 Å². The van der Waals surface area contributed by atoms with Crippen LogP contribution in [0.3, 0.4) is 0 Å². The first kappa shape index (κ1) is 10.6. The first-order valence-electron chi connectivity index (χ1n) is 4.63. The van der Waals surface area contributed by atoms with E-state index in [4.69, 9.17) is 9.47 Å². The summed E-state index contributed by atoms with van der Waals surface area (Å²) in [5.41, 5.74) is 0.318. The summed E-state index contributed by atoms with van der Waals surface area (Å²) in [4.78, 5) is 11.2. The molecule has 1 aromatic rings. The van der Waals surface area contributed by atoms with E-state index >= 15 is 0 Å². The number of nitrogens with zero attached hydrogens (tertiary/aromatic N) is 1. The Morgan fingerprint density at radius 1 is 1.57 bits per heavy atom. The molecule has 0 fully saturated rings. The Morgan fingerprint density at radius 3 is 3.00 bits per heavy atom. The van der Waals surface area contributed by atoms with E-state index in [1.54, 1.807) is 6.92 Å². The zero-order chi connectivity index (χ0) is 10.4. The number of hydrogen-bond acceptors (Lipinski definition) is 4. The summed E-state index contributed by atoms with van der Waals surface area (Å²) in [6.07, 6.45) is 0.904. The maximum absolute atomic E-state index is 11.2. The molecule has 0 aromatic carbocycles. The highest BCUT2D eigenvalue weighted by molar-refractivity contribution is 5.87. The number of ether oxygens (including phenoxy) is 2. The molecule has 1 heterocycles. The van der Waals surface area contributed by atoms with Crippen LogP contribution in [0.2, 0.25) is 0 Å². The van der Waals surface area contributed by atoms with Gasteiger partial charge < -0.3 is 9.47 Å². The largest absolute Gasteiger partial charge is 0.477 e. The monoisotopic (exact) mass is 198 g/mol. The first-order chi connectivity index (χ1) is 6.77. The molecule has 0 bridgehead atoms. The van der Waals surface area contributed by atoms with Crippen LogP contribution in [0.4, 0.5) is 0 Å². The van der Waals surface area contributed by atoms with Gasteiger partial charge in [-0.05, 0) is 13.3 Å². The number of carbonyl (C=O) groups is 1. The van der Waals surface area contributed by atoms with Gasteiger partial charge >= 0.3 is 5.97 Å². The maximum Gasteiger partial charge on any atom is 0.356 e. The lowest BCUT2D eigenvalue weighted by Crippen LogP contribution is -2.04. The fourth-order valence-electron chi connectivity index (χ4n) is 0.897. The number of aromatic amines is 1. The van der Waals surface area contributed by atoms with Crippen LogP contribution in [-0.2, 0) is 4.74 Å². The molecule has 0 amide bonds. The quantitative estimate of drug-likeness (QED) is 0.726. The van der Waals surface area contributed by atoms with E-state index in [2.05, 4.69) is 10.2 Å². The lowest BCUT2D eigenvalue weighted by Gasteiger charge is -1.97. The van der Waals surface area contributed by atoms with Gasteiger partial charge in [-0.1, -0.05) is 6.92 Å². The van der Waals surface area contributed by atoms with E-state index in [-0.39, 0.29) is 0 Å². The summed E-state index contributed by atoms with van der Waals surface area (Å²) >= 11 is 0. The molecule has 0 aliphatic heterocycles. The number of aromatic nitrogens is 2. The highest BCUT2D eigenvalue weighted by atomic mass is 16.5. The summed E-state index contributed by atoms with van der Waals surface area (Å²) in [6, 6.07) is 1.54. The minimum atomic E-state index is -0.411. The van der Waals surface area contributed by atoms with Crippen LogP contribution in [-0.4, -0.2) is 29.4 Å². The molecule has 0 atom stereocenters. The molecule has 78 valence electrons. The van der Waals surface area contributed by atoms with E-state index in [9.17, 15) is 4.79 Å². The van der Waals surface area contributed by atoms with Gasteiger partial charge in [0.2, 0.25) is 5.88 Å². The van der Waals surface area contributed by atoms with Crippen molar-refractivity contribution in [2.45, 2.75) is 20.3 Å². The summed E-state index contributed by atoms with van der Waals surface area (Å²) in [5, 5.41) is 6.36. The highest BCUT2D eigenvalue weighted by Gasteiger charge is 2.10. The molecule has 1 N–H and O–H groups in total. The number of esters is 1. The number of nitrogens with one attached hydrogen (secondary N) is 1. The van der Waals surface area contributed by atoms with Gasteiger partial charge in [0.15, 0.2) is 0 Å². The van der Waals surface area contributed by atoms with Crippen LogP contribution in [0.15, 0.2) is 6.07 Å². The molecule has 0 aliphatic carbocycles. The minimum absolute atomic E-state index is 0.318. The van der Waals surface area contributed by atoms with Crippen LogP contribution < -0.4 is 4.74 Å². The Morgan fingerprint density at radius 2 is 2.36 bits per heavy atom. The van der Waals surface area contributed by atoms with Crippen molar-refractivity contribution in [2.75, 3.05) is 13.2 Å². The molecule has 0 radical (unpaired) electrons. The van der Waals surface area contributed by atoms with Crippen LogP contribution in [0.5, 0.6) is 5.88 Å². The van der Waals surface area contributed by atoms with Gasteiger partial charge in [-0.25, -0.2) is 4.79 Å². The molecule has 0 saturated heterocycles. The van der Waals surface area contributed by atoms with Crippen molar-refractivity contribution in [1.29, 1.82) is 0 Å². The Hall–Kier alpha value is -1.52. The van der Waals surface area contributed by atoms with Crippen molar-refractivity contribution >= 4 is 5.97 Å². The highest BCUT2D eigenvalue weighted by Crippen LogP contribution is 2.09. The van der Waals surface area contributed by atoms with Crippen molar-refractivity contribution < 1.29 is 14.3 Å². The van der Waals surface area contributed by atoms with Gasteiger partial charge in [-0.2, -0.15) is 0 Å². The van der Waals surface area contributed by atoms with E-state index in [1.807, 2.05) is 6.92 Å². The zero-order valence-electron chi connectivity index (χ0n) is 8.37. The third kappa shape index (κ3) is 2.76. The second-order valence-electron chi connectivity index (χ2n) is 2.69. The zero-order valence-corrected chi connectivity index (χ0v) is 8.37. The normalized spacial score (nSPS) is 9.86. The molecule has 1 aromatic heterocycles. The number of carbonyl (C=O) groups excluding carboxylic acids is 1. The Labute approximate surface area is 82.4 Å². The predicted octanol–water partition coefficient (Wildman–Crippen LogP) is 1.38. The van der Waals surface area contributed by atoms with Crippen molar-refractivity contribution in [3.05, 3.63) is 11.8 Å². The van der Waals surface area contributed by atoms with Crippen LogP contribution in [0, 0.1) is 0 Å². The minimum Gasteiger partial charge on any atom is -0.477 e. The third-order valence-corrected chi connectivity index (χ3v) is 1.50. The predicted molar refractivity (Wildman–Crippen MR) is 50.3 cm³/mol. The fourth-order valence-corrected chi connectivity index (χ4v) is 0.897. The number of hydrogen-bond donors (Lipinski definition) is 1. The Bertz CT molecular complexity index is 296. The molecule has 5 heteroatoms. The van der Waals surface area contributed by atoms with Crippen molar-refractivity contribution in [1.82, 2.24) is 10.2 Å². The van der Waals surface area contributed by atoms with Crippen LogP contribution >= 0.6 is 0 Å². The molecule has 0 saturated carbocycles. The third-order valence-electron chi connectivity index (χ3n) is 1.50. The van der Waals surface area contributed by atoms with E-state index < -0.39 is 5.97 Å². The molecular weight excluding hydrogens is 184 g/mol. The fraction of sp³-hybridized carbons (Fsp3) is 0.556. The second-order valence-corrected chi connectivity index (χ2v) is 2.69. The lowest BCUT2D eigenvalue weighted by atomic mass is 10.4. The average molecular weight is 198 g/mol. The Balaban J connectivity index is 2.54. The average Bonchev–Trinajstić information content (AvgIpc) is 2.63. The van der Waals surface area contributed by atoms with Crippen molar-refractivity contribution in [3.8, 4) is 5.88 Å². The lowest BCUT2D eigenvalue weighted by molar-refractivity contribution is 0.0519. The summed E-state index contributed by atoms with van der Waals surface area (Å²) in [6.45, 7) is 4.69. The number of H-pyrrole nitrogens is 1.